The van der Waals surface area contributed by atoms with Crippen molar-refractivity contribution in [3.05, 3.63) is 24.0 Å². The minimum atomic E-state index is -1.04. The second-order valence-corrected chi connectivity index (χ2v) is 2.52. The van der Waals surface area contributed by atoms with E-state index < -0.39 is 5.97 Å². The van der Waals surface area contributed by atoms with E-state index in [0.717, 1.165) is 6.08 Å². The number of aliphatic carboxylic acids is 1. The Morgan fingerprint density at radius 1 is 1.71 bits per heavy atom. The summed E-state index contributed by atoms with van der Waals surface area (Å²) in [5, 5.41) is 8.39. The molecule has 1 aromatic heterocycles. The molecule has 1 heterocycles. The van der Waals surface area contributed by atoms with Gasteiger partial charge >= 0.3 is 5.97 Å². The third kappa shape index (κ3) is 2.48. The molecule has 5 heteroatoms. The zero-order valence-electron chi connectivity index (χ0n) is 7.60. The van der Waals surface area contributed by atoms with Crippen molar-refractivity contribution in [2.24, 2.45) is 0 Å². The van der Waals surface area contributed by atoms with E-state index >= 15 is 0 Å². The van der Waals surface area contributed by atoms with Crippen molar-refractivity contribution >= 4 is 17.7 Å². The molecule has 0 bridgehead atoms. The zero-order valence-corrected chi connectivity index (χ0v) is 7.60. The van der Waals surface area contributed by atoms with Crippen LogP contribution >= 0.6 is 0 Å². The maximum absolute atomic E-state index is 10.2. The van der Waals surface area contributed by atoms with Gasteiger partial charge in [0, 0.05) is 12.1 Å². The van der Waals surface area contributed by atoms with Crippen LogP contribution < -0.4 is 10.5 Å². The summed E-state index contributed by atoms with van der Waals surface area (Å²) in [5.74, 6) is -0.503. The molecule has 3 N–H and O–H groups in total. The fourth-order valence-corrected chi connectivity index (χ4v) is 0.873. The lowest BCUT2D eigenvalue weighted by Gasteiger charge is -2.02. The lowest BCUT2D eigenvalue weighted by molar-refractivity contribution is -0.131. The summed E-state index contributed by atoms with van der Waals surface area (Å²) in [4.78, 5) is 14.1. The van der Waals surface area contributed by atoms with Gasteiger partial charge in [-0.3, -0.25) is 4.98 Å². The highest BCUT2D eigenvalue weighted by atomic mass is 16.5. The Balaban J connectivity index is 2.94. The van der Waals surface area contributed by atoms with Crippen molar-refractivity contribution in [1.29, 1.82) is 0 Å². The molecule has 5 nitrogen and oxygen atoms in total. The Morgan fingerprint density at radius 2 is 2.43 bits per heavy atom. The molecule has 0 aliphatic rings. The summed E-state index contributed by atoms with van der Waals surface area (Å²) >= 11 is 0. The SMILES string of the molecule is COc1cnc(C=CC(=O)O)c(N)c1. The zero-order chi connectivity index (χ0) is 10.6. The highest BCUT2D eigenvalue weighted by Crippen LogP contribution is 2.17. The molecule has 0 saturated carbocycles. The number of hydrogen-bond acceptors (Lipinski definition) is 4. The number of aromatic nitrogens is 1. The van der Waals surface area contributed by atoms with Gasteiger partial charge in [-0.2, -0.15) is 0 Å². The monoisotopic (exact) mass is 194 g/mol. The number of methoxy groups -OCH3 is 1. The van der Waals surface area contributed by atoms with Gasteiger partial charge in [-0.1, -0.05) is 0 Å². The van der Waals surface area contributed by atoms with Crippen LogP contribution in [-0.2, 0) is 4.79 Å². The molecule has 74 valence electrons. The van der Waals surface area contributed by atoms with Crippen LogP contribution in [0.3, 0.4) is 0 Å². The number of nitrogen functional groups attached to an aromatic ring is 1. The molecule has 0 fully saturated rings. The van der Waals surface area contributed by atoms with E-state index in [1.807, 2.05) is 0 Å². The van der Waals surface area contributed by atoms with Gasteiger partial charge in [0.25, 0.3) is 0 Å². The topological polar surface area (TPSA) is 85.4 Å². The van der Waals surface area contributed by atoms with E-state index in [0.29, 0.717) is 17.1 Å². The Bertz CT molecular complexity index is 374. The third-order valence-corrected chi connectivity index (χ3v) is 1.54. The number of rotatable bonds is 3. The number of ether oxygens (including phenoxy) is 1. The second-order valence-electron chi connectivity index (χ2n) is 2.52. The van der Waals surface area contributed by atoms with Crippen LogP contribution in [0, 0.1) is 0 Å². The first-order valence-corrected chi connectivity index (χ1v) is 3.84. The maximum atomic E-state index is 10.2. The fraction of sp³-hybridized carbons (Fsp3) is 0.111. The standard InChI is InChI=1S/C9H10N2O3/c1-14-6-4-7(10)8(11-5-6)2-3-9(12)13/h2-5H,10H2,1H3,(H,12,13). The van der Waals surface area contributed by atoms with Crippen LogP contribution in [0.5, 0.6) is 5.75 Å². The predicted molar refractivity (Wildman–Crippen MR) is 51.9 cm³/mol. The van der Waals surface area contributed by atoms with E-state index in [1.165, 1.54) is 19.4 Å². The summed E-state index contributed by atoms with van der Waals surface area (Å²) in [7, 11) is 1.50. The van der Waals surface area contributed by atoms with Crippen LogP contribution in [0.25, 0.3) is 6.08 Å². The highest BCUT2D eigenvalue weighted by Gasteiger charge is 1.99. The second kappa shape index (κ2) is 4.27. The van der Waals surface area contributed by atoms with Crippen LogP contribution in [-0.4, -0.2) is 23.2 Å². The van der Waals surface area contributed by atoms with Crippen LogP contribution in [0.15, 0.2) is 18.3 Å². The normalized spacial score (nSPS) is 10.4. The van der Waals surface area contributed by atoms with E-state index in [-0.39, 0.29) is 0 Å². The maximum Gasteiger partial charge on any atom is 0.328 e. The molecule has 0 spiro atoms. The van der Waals surface area contributed by atoms with Gasteiger partial charge < -0.3 is 15.6 Å². The first-order valence-electron chi connectivity index (χ1n) is 3.84. The number of anilines is 1. The van der Waals surface area contributed by atoms with Gasteiger partial charge in [-0.25, -0.2) is 4.79 Å². The number of pyridine rings is 1. The average Bonchev–Trinajstić information content (AvgIpc) is 2.15. The molecular weight excluding hydrogens is 184 g/mol. The molecular formula is C9H10N2O3. The smallest absolute Gasteiger partial charge is 0.328 e. The van der Waals surface area contributed by atoms with Gasteiger partial charge in [-0.15, -0.1) is 0 Å². The number of hydrogen-bond donors (Lipinski definition) is 2. The molecule has 1 aromatic rings. The largest absolute Gasteiger partial charge is 0.495 e. The average molecular weight is 194 g/mol. The number of nitrogens with two attached hydrogens (primary N) is 1. The molecule has 0 atom stereocenters. The van der Waals surface area contributed by atoms with Crippen LogP contribution in [0.4, 0.5) is 5.69 Å². The Hall–Kier alpha value is -2.04. The molecule has 0 aliphatic carbocycles. The van der Waals surface area contributed by atoms with Crippen molar-refractivity contribution in [3.63, 3.8) is 0 Å². The summed E-state index contributed by atoms with van der Waals surface area (Å²) in [6.07, 6.45) is 3.78. The lowest BCUT2D eigenvalue weighted by atomic mass is 10.2. The minimum Gasteiger partial charge on any atom is -0.495 e. The Morgan fingerprint density at radius 3 is 2.93 bits per heavy atom. The number of nitrogens with zero attached hydrogens (tertiary/aromatic N) is 1. The van der Waals surface area contributed by atoms with Gasteiger partial charge in [0.2, 0.25) is 0 Å². The van der Waals surface area contributed by atoms with E-state index in [2.05, 4.69) is 4.98 Å². The van der Waals surface area contributed by atoms with E-state index in [4.69, 9.17) is 15.6 Å². The summed E-state index contributed by atoms with van der Waals surface area (Å²) in [5.41, 5.74) is 6.38. The van der Waals surface area contributed by atoms with E-state index in [9.17, 15) is 4.79 Å². The van der Waals surface area contributed by atoms with Crippen molar-refractivity contribution < 1.29 is 14.6 Å². The molecule has 0 radical (unpaired) electrons. The number of carboxylic acids is 1. The summed E-state index contributed by atoms with van der Waals surface area (Å²) in [6.45, 7) is 0. The van der Waals surface area contributed by atoms with E-state index in [1.54, 1.807) is 6.07 Å². The minimum absolute atomic E-state index is 0.377. The summed E-state index contributed by atoms with van der Waals surface area (Å²) in [6, 6.07) is 1.58. The first-order chi connectivity index (χ1) is 6.63. The van der Waals surface area contributed by atoms with Crippen LogP contribution in [0.2, 0.25) is 0 Å². The fourth-order valence-electron chi connectivity index (χ4n) is 0.873. The lowest BCUT2D eigenvalue weighted by Crippen LogP contribution is -1.95. The number of carboxylic acid groups (broad SMARTS) is 1. The molecule has 0 aliphatic heterocycles. The molecule has 1 rings (SSSR count). The van der Waals surface area contributed by atoms with Crippen molar-refractivity contribution in [1.82, 2.24) is 4.98 Å². The van der Waals surface area contributed by atoms with Gasteiger partial charge in [-0.05, 0) is 6.08 Å². The molecule has 0 aromatic carbocycles. The summed E-state index contributed by atoms with van der Waals surface area (Å²) < 4.78 is 4.89. The van der Waals surface area contributed by atoms with Gasteiger partial charge in [0.15, 0.2) is 0 Å². The van der Waals surface area contributed by atoms with Crippen molar-refractivity contribution in [2.45, 2.75) is 0 Å². The van der Waals surface area contributed by atoms with Crippen molar-refractivity contribution in [2.75, 3.05) is 12.8 Å². The molecule has 0 saturated heterocycles. The van der Waals surface area contributed by atoms with Crippen LogP contribution in [0.1, 0.15) is 5.69 Å². The predicted octanol–water partition coefficient (Wildman–Crippen LogP) is 0.770. The van der Waals surface area contributed by atoms with Crippen molar-refractivity contribution in [3.8, 4) is 5.75 Å². The number of carbonyl (C=O) groups is 1. The van der Waals surface area contributed by atoms with Gasteiger partial charge in [0.1, 0.15) is 5.75 Å². The molecule has 14 heavy (non-hydrogen) atoms. The Kier molecular flexibility index (Phi) is 3.06. The Labute approximate surface area is 80.8 Å². The first kappa shape index (κ1) is 10.0. The molecule has 0 amide bonds. The highest BCUT2D eigenvalue weighted by molar-refractivity contribution is 5.86. The quantitative estimate of drug-likeness (QED) is 0.694. The third-order valence-electron chi connectivity index (χ3n) is 1.54. The van der Waals surface area contributed by atoms with Gasteiger partial charge in [0.05, 0.1) is 24.7 Å². The molecule has 0 unspecified atom stereocenters.